The van der Waals surface area contributed by atoms with Gasteiger partial charge in [-0.15, -0.1) is 12.8 Å². The lowest BCUT2D eigenvalue weighted by atomic mass is 9.93. The Hall–Kier alpha value is -9.96. The standard InChI is InChI=1S/C62H18F28O4S2.CH4/c1-3-21-7-5-9-29(11-21)91-51-35(63)43(71)55(44(72)36(51)64)95-57-47(75)39(67)53(40(68)48(57)76)93-33-19-32(24-15-27(61(85,86)87)18-28(16-24)62(88,89)90)34(20-31(33)23-13-25(59(79,80)81)17-26(14-23)60(82,83)84)94-54-41(69)49(77)58(50(78)42(54)70)96-56-45(73)37(65)52(38(66)46(56)74)92-30-10-6-8-22(4-2)12-30;/h1-2,5-20H;1H4. The Labute approximate surface area is 532 Å². The molecule has 0 atom stereocenters. The lowest BCUT2D eigenvalue weighted by molar-refractivity contribution is -0.144. The Morgan fingerprint density at radius 1 is 0.289 bits per heavy atom. The van der Waals surface area contributed by atoms with Crippen molar-refractivity contribution < 1.29 is 142 Å². The molecule has 0 amide bonds. The van der Waals surface area contributed by atoms with Gasteiger partial charge in [0.1, 0.15) is 23.0 Å². The maximum Gasteiger partial charge on any atom is 0.416 e. The van der Waals surface area contributed by atoms with Crippen LogP contribution in [0.5, 0.6) is 46.0 Å². The summed E-state index contributed by atoms with van der Waals surface area (Å²) in [5.74, 6) is -54.7. The Morgan fingerprint density at radius 2 is 0.515 bits per heavy atom. The molecule has 9 aromatic rings. The summed E-state index contributed by atoms with van der Waals surface area (Å²) >= 11 is -2.37. The first-order valence-corrected chi connectivity index (χ1v) is 26.7. The summed E-state index contributed by atoms with van der Waals surface area (Å²) < 4.78 is 447. The molecule has 0 N–H and O–H groups in total. The van der Waals surface area contributed by atoms with Crippen molar-refractivity contribution in [3.05, 3.63) is 224 Å². The number of rotatable bonds is 14. The summed E-state index contributed by atoms with van der Waals surface area (Å²) in [5, 5.41) is 0. The molecule has 34 heteroatoms. The summed E-state index contributed by atoms with van der Waals surface area (Å²) in [7, 11) is 0. The van der Waals surface area contributed by atoms with Crippen LogP contribution < -0.4 is 18.9 Å². The van der Waals surface area contributed by atoms with Gasteiger partial charge < -0.3 is 18.9 Å². The second kappa shape index (κ2) is 26.9. The third-order valence-electron chi connectivity index (χ3n) is 12.9. The van der Waals surface area contributed by atoms with Crippen molar-refractivity contribution >= 4 is 23.5 Å². The molecule has 9 rings (SSSR count). The van der Waals surface area contributed by atoms with Crippen LogP contribution in [0.15, 0.2) is 117 Å². The maximum atomic E-state index is 16.4. The highest BCUT2D eigenvalue weighted by Gasteiger charge is 2.42. The molecule has 0 aliphatic rings. The fourth-order valence-corrected chi connectivity index (χ4v) is 10.3. The van der Waals surface area contributed by atoms with Gasteiger partial charge in [0.2, 0.25) is 69.5 Å². The van der Waals surface area contributed by atoms with E-state index in [0.29, 0.717) is 0 Å². The van der Waals surface area contributed by atoms with Gasteiger partial charge in [-0.25, -0.2) is 35.1 Å². The minimum absolute atomic E-state index is 0. The van der Waals surface area contributed by atoms with Gasteiger partial charge in [0.05, 0.1) is 41.8 Å². The molecule has 0 saturated heterocycles. The molecule has 0 saturated carbocycles. The molecule has 506 valence electrons. The predicted octanol–water partition coefficient (Wildman–Crippen LogP) is 23.4. The molecular weight excluding hydrogens is 1420 g/mol. The van der Waals surface area contributed by atoms with Crippen molar-refractivity contribution in [1.82, 2.24) is 0 Å². The van der Waals surface area contributed by atoms with E-state index in [1.807, 2.05) is 0 Å². The van der Waals surface area contributed by atoms with Gasteiger partial charge in [-0.1, -0.05) is 54.9 Å². The van der Waals surface area contributed by atoms with Gasteiger partial charge in [0, 0.05) is 22.3 Å². The highest BCUT2D eigenvalue weighted by molar-refractivity contribution is 7.99. The number of alkyl halides is 12. The van der Waals surface area contributed by atoms with E-state index in [1.54, 1.807) is 0 Å². The number of hydrogen-bond donors (Lipinski definition) is 0. The Balaban J connectivity index is 0.0000120. The molecule has 9 aromatic carbocycles. The molecule has 0 aromatic heterocycles. The van der Waals surface area contributed by atoms with Crippen LogP contribution in [0.4, 0.5) is 123 Å². The largest absolute Gasteiger partial charge is 0.451 e. The van der Waals surface area contributed by atoms with E-state index in [4.69, 9.17) is 31.8 Å². The molecule has 0 spiro atoms. The predicted molar refractivity (Wildman–Crippen MR) is 286 cm³/mol. The molecule has 0 radical (unpaired) electrons. The molecule has 0 aliphatic carbocycles. The number of benzene rings is 9. The van der Waals surface area contributed by atoms with Gasteiger partial charge in [0.15, 0.2) is 46.5 Å². The van der Waals surface area contributed by atoms with Gasteiger partial charge in [-0.05, 0) is 96.1 Å². The van der Waals surface area contributed by atoms with Gasteiger partial charge in [0.25, 0.3) is 0 Å². The molecular formula is C63H22F28O4S2. The average Bonchev–Trinajstić information content (AvgIpc) is 0.772. The van der Waals surface area contributed by atoms with E-state index >= 15 is 70.2 Å². The van der Waals surface area contributed by atoms with E-state index in [9.17, 15) is 52.7 Å². The molecule has 97 heavy (non-hydrogen) atoms. The SMILES string of the molecule is C.C#Cc1cccc(Oc2c(F)c(F)c(Sc3c(F)c(F)c(Oc4cc(-c5cc(C(F)(F)F)cc(C(F)(F)F)c5)c(Oc5c(F)c(F)c(Sc6c(F)c(F)c(Oc7cccc(C#C)c7)c(F)c6F)c(F)c5F)cc4-c4cc(C(F)(F)F)cc(C(F)(F)F)c4)c(F)c3F)c(F)c2F)c1. The van der Waals surface area contributed by atoms with Crippen LogP contribution in [-0.2, 0) is 24.7 Å². The first kappa shape index (κ1) is 72.9. The third kappa shape index (κ3) is 14.3. The lowest BCUT2D eigenvalue weighted by Crippen LogP contribution is -2.12. The molecule has 0 aliphatic heterocycles. The Bertz CT molecular complexity index is 4300. The summed E-state index contributed by atoms with van der Waals surface area (Å²) in [5.41, 5.74) is -17.0. The number of hydrogen-bond acceptors (Lipinski definition) is 6. The van der Waals surface area contributed by atoms with Crippen LogP contribution in [0.3, 0.4) is 0 Å². The zero-order chi connectivity index (χ0) is 70.9. The fourth-order valence-electron chi connectivity index (χ4n) is 8.44. The summed E-state index contributed by atoms with van der Waals surface area (Å²) in [6, 6.07) is 4.87. The zero-order valence-corrected chi connectivity index (χ0v) is 47.1. The number of terminal acetylenes is 2. The highest BCUT2D eigenvalue weighted by Crippen LogP contribution is 2.53. The average molecular weight is 1440 g/mol. The molecule has 0 heterocycles. The van der Waals surface area contributed by atoms with Crippen LogP contribution in [0.1, 0.15) is 40.8 Å². The van der Waals surface area contributed by atoms with Crippen molar-refractivity contribution in [2.75, 3.05) is 0 Å². The van der Waals surface area contributed by atoms with Gasteiger partial charge >= 0.3 is 24.7 Å². The first-order valence-electron chi connectivity index (χ1n) is 25.1. The van der Waals surface area contributed by atoms with Crippen molar-refractivity contribution in [3.8, 4) is 92.9 Å². The fraction of sp³-hybridized carbons (Fsp3) is 0.0794. The van der Waals surface area contributed by atoms with Crippen molar-refractivity contribution in [3.63, 3.8) is 0 Å². The van der Waals surface area contributed by atoms with E-state index < -0.39 is 288 Å². The number of halogens is 28. The topological polar surface area (TPSA) is 36.9 Å². The second-order valence-electron chi connectivity index (χ2n) is 19.0. The lowest BCUT2D eigenvalue weighted by Gasteiger charge is -2.22. The maximum absolute atomic E-state index is 16.4. The second-order valence-corrected chi connectivity index (χ2v) is 21.1. The Kier molecular flexibility index (Phi) is 20.2. The minimum atomic E-state index is -5.96. The zero-order valence-electron chi connectivity index (χ0n) is 45.4. The van der Waals surface area contributed by atoms with Crippen LogP contribution in [0.25, 0.3) is 22.3 Å². The molecule has 0 fully saturated rings. The van der Waals surface area contributed by atoms with Crippen LogP contribution in [0, 0.1) is 118 Å². The summed E-state index contributed by atoms with van der Waals surface area (Å²) in [6.45, 7) is 0. The van der Waals surface area contributed by atoms with Crippen LogP contribution >= 0.6 is 23.5 Å². The molecule has 4 nitrogen and oxygen atoms in total. The van der Waals surface area contributed by atoms with Crippen LogP contribution in [-0.4, -0.2) is 0 Å². The molecule has 0 bridgehead atoms. The van der Waals surface area contributed by atoms with Crippen molar-refractivity contribution in [1.29, 1.82) is 0 Å². The van der Waals surface area contributed by atoms with Crippen LogP contribution in [0.2, 0.25) is 0 Å². The van der Waals surface area contributed by atoms with Gasteiger partial charge in [-0.3, -0.25) is 0 Å². The minimum Gasteiger partial charge on any atom is -0.451 e. The molecule has 0 unspecified atom stereocenters. The van der Waals surface area contributed by atoms with E-state index in [2.05, 4.69) is 11.8 Å². The summed E-state index contributed by atoms with van der Waals surface area (Å²) in [6.07, 6.45) is -13.4. The van der Waals surface area contributed by atoms with Crippen molar-refractivity contribution in [2.24, 2.45) is 0 Å². The summed E-state index contributed by atoms with van der Waals surface area (Å²) in [4.78, 5) is -9.00. The third-order valence-corrected chi connectivity index (χ3v) is 15.1. The van der Waals surface area contributed by atoms with Gasteiger partial charge in [-0.2, -0.15) is 87.8 Å². The Morgan fingerprint density at radius 3 is 0.732 bits per heavy atom. The van der Waals surface area contributed by atoms with E-state index in [-0.39, 0.29) is 30.7 Å². The number of ether oxygens (including phenoxy) is 4. The smallest absolute Gasteiger partial charge is 0.416 e. The highest BCUT2D eigenvalue weighted by atomic mass is 32.2. The normalized spacial score (nSPS) is 11.9. The van der Waals surface area contributed by atoms with Crippen molar-refractivity contribution in [2.45, 2.75) is 51.7 Å². The van der Waals surface area contributed by atoms with E-state index in [1.165, 1.54) is 12.1 Å². The quantitative estimate of drug-likeness (QED) is 0.0614. The van der Waals surface area contributed by atoms with E-state index in [0.717, 1.165) is 36.4 Å². The monoisotopic (exact) mass is 1440 g/mol. The first-order chi connectivity index (χ1) is 44.7.